The molecule has 0 nitrogen and oxygen atoms in total. The standard InChI is InChI=1S/C17H14BrF3/c1-12-7-9-14(10-8-12)16(17(19,20)21)15(11-18)13-5-3-2-4-6-13/h2-10H,11H2,1H3/b16-15-. The van der Waals surface area contributed by atoms with E-state index in [0.29, 0.717) is 5.56 Å². The van der Waals surface area contributed by atoms with E-state index >= 15 is 0 Å². The molecule has 2 rings (SSSR count). The van der Waals surface area contributed by atoms with Crippen molar-refractivity contribution < 1.29 is 13.2 Å². The van der Waals surface area contributed by atoms with Crippen molar-refractivity contribution >= 4 is 27.1 Å². The zero-order valence-electron chi connectivity index (χ0n) is 11.4. The molecule has 110 valence electrons. The highest BCUT2D eigenvalue weighted by Gasteiger charge is 2.37. The smallest absolute Gasteiger partial charge is 0.166 e. The lowest BCUT2D eigenvalue weighted by Crippen LogP contribution is -2.13. The van der Waals surface area contributed by atoms with E-state index < -0.39 is 11.7 Å². The first-order valence-electron chi connectivity index (χ1n) is 6.42. The molecule has 2 aromatic rings. The largest absolute Gasteiger partial charge is 0.417 e. The fourth-order valence-corrected chi connectivity index (χ4v) is 2.76. The lowest BCUT2D eigenvalue weighted by molar-refractivity contribution is -0.0685. The summed E-state index contributed by atoms with van der Waals surface area (Å²) in [6.07, 6.45) is -4.41. The van der Waals surface area contributed by atoms with Gasteiger partial charge >= 0.3 is 6.18 Å². The average molecular weight is 355 g/mol. The predicted molar refractivity (Wildman–Crippen MR) is 84.3 cm³/mol. The highest BCUT2D eigenvalue weighted by molar-refractivity contribution is 9.09. The van der Waals surface area contributed by atoms with Crippen LogP contribution in [0.5, 0.6) is 0 Å². The molecule has 0 saturated carbocycles. The first kappa shape index (κ1) is 15.8. The van der Waals surface area contributed by atoms with E-state index in [4.69, 9.17) is 0 Å². The molecule has 0 bridgehead atoms. The molecule has 0 N–H and O–H groups in total. The van der Waals surface area contributed by atoms with Crippen LogP contribution in [0, 0.1) is 6.92 Å². The molecule has 0 aliphatic rings. The third-order valence-electron chi connectivity index (χ3n) is 3.18. The number of benzene rings is 2. The highest BCUT2D eigenvalue weighted by Crippen LogP contribution is 2.40. The minimum absolute atomic E-state index is 0.139. The number of hydrogen-bond donors (Lipinski definition) is 0. The van der Waals surface area contributed by atoms with E-state index in [9.17, 15) is 13.2 Å². The summed E-state index contributed by atoms with van der Waals surface area (Å²) in [6, 6.07) is 15.1. The first-order valence-corrected chi connectivity index (χ1v) is 7.54. The van der Waals surface area contributed by atoms with E-state index in [1.165, 1.54) is 12.1 Å². The Morgan fingerprint density at radius 2 is 1.48 bits per heavy atom. The third kappa shape index (κ3) is 3.76. The first-order chi connectivity index (χ1) is 9.93. The Morgan fingerprint density at radius 3 is 1.95 bits per heavy atom. The van der Waals surface area contributed by atoms with Gasteiger partial charge in [-0.15, -0.1) is 0 Å². The van der Waals surface area contributed by atoms with Gasteiger partial charge in [-0.05, 0) is 23.6 Å². The van der Waals surface area contributed by atoms with Crippen LogP contribution in [0.25, 0.3) is 11.1 Å². The minimum atomic E-state index is -4.41. The Balaban J connectivity index is 2.68. The normalized spacial score (nSPS) is 13.0. The van der Waals surface area contributed by atoms with Gasteiger partial charge in [-0.1, -0.05) is 76.1 Å². The van der Waals surface area contributed by atoms with Crippen LogP contribution >= 0.6 is 15.9 Å². The molecule has 0 heterocycles. The van der Waals surface area contributed by atoms with Gasteiger partial charge in [0.1, 0.15) is 0 Å². The second-order valence-corrected chi connectivity index (χ2v) is 5.28. The summed E-state index contributed by atoms with van der Waals surface area (Å²) in [5, 5.41) is 0.139. The van der Waals surface area contributed by atoms with Gasteiger partial charge < -0.3 is 0 Å². The van der Waals surface area contributed by atoms with Crippen molar-refractivity contribution in [3.8, 4) is 0 Å². The summed E-state index contributed by atoms with van der Waals surface area (Å²) in [4.78, 5) is 0. The zero-order chi connectivity index (χ0) is 15.5. The molecule has 21 heavy (non-hydrogen) atoms. The van der Waals surface area contributed by atoms with Crippen LogP contribution in [0.4, 0.5) is 13.2 Å². The molecule has 0 aromatic heterocycles. The number of hydrogen-bond acceptors (Lipinski definition) is 0. The van der Waals surface area contributed by atoms with Crippen LogP contribution in [0.1, 0.15) is 16.7 Å². The molecule has 0 fully saturated rings. The Kier molecular flexibility index (Phi) is 4.88. The van der Waals surface area contributed by atoms with Crippen LogP contribution in [0.15, 0.2) is 54.6 Å². The van der Waals surface area contributed by atoms with Crippen molar-refractivity contribution in [1.82, 2.24) is 0 Å². The maximum absolute atomic E-state index is 13.6. The topological polar surface area (TPSA) is 0 Å². The van der Waals surface area contributed by atoms with E-state index in [1.807, 2.05) is 6.92 Å². The fraction of sp³-hybridized carbons (Fsp3) is 0.176. The quantitative estimate of drug-likeness (QED) is 0.478. The summed E-state index contributed by atoms with van der Waals surface area (Å²) >= 11 is 3.20. The van der Waals surface area contributed by atoms with E-state index in [1.54, 1.807) is 42.5 Å². The Hall–Kier alpha value is -1.55. The number of rotatable bonds is 3. The van der Waals surface area contributed by atoms with Crippen molar-refractivity contribution in [2.75, 3.05) is 5.33 Å². The predicted octanol–water partition coefficient (Wildman–Crippen LogP) is 5.86. The van der Waals surface area contributed by atoms with Crippen LogP contribution in [-0.4, -0.2) is 11.5 Å². The Morgan fingerprint density at radius 1 is 0.905 bits per heavy atom. The number of aryl methyl sites for hydroxylation is 1. The SMILES string of the molecule is Cc1ccc(/C(=C(\CBr)c2ccccc2)C(F)(F)F)cc1. The third-order valence-corrected chi connectivity index (χ3v) is 3.74. The number of halogens is 4. The van der Waals surface area contributed by atoms with Gasteiger partial charge in [-0.3, -0.25) is 0 Å². The molecule has 0 aliphatic heterocycles. The maximum Gasteiger partial charge on any atom is 0.417 e. The minimum Gasteiger partial charge on any atom is -0.166 e. The van der Waals surface area contributed by atoms with E-state index in [0.717, 1.165) is 5.56 Å². The van der Waals surface area contributed by atoms with E-state index in [2.05, 4.69) is 15.9 Å². The van der Waals surface area contributed by atoms with Crippen molar-refractivity contribution in [3.05, 3.63) is 71.3 Å². The second-order valence-electron chi connectivity index (χ2n) is 4.72. The Bertz CT molecular complexity index is 625. The summed E-state index contributed by atoms with van der Waals surface area (Å²) in [7, 11) is 0. The van der Waals surface area contributed by atoms with Crippen molar-refractivity contribution in [2.45, 2.75) is 13.1 Å². The van der Waals surface area contributed by atoms with Gasteiger partial charge in [0.2, 0.25) is 0 Å². The van der Waals surface area contributed by atoms with Crippen LogP contribution < -0.4 is 0 Å². The molecular formula is C17H14BrF3. The highest BCUT2D eigenvalue weighted by atomic mass is 79.9. The molecule has 0 aliphatic carbocycles. The lowest BCUT2D eigenvalue weighted by Gasteiger charge is -2.18. The van der Waals surface area contributed by atoms with Gasteiger partial charge in [-0.2, -0.15) is 13.2 Å². The van der Waals surface area contributed by atoms with Gasteiger partial charge in [0.15, 0.2) is 0 Å². The van der Waals surface area contributed by atoms with E-state index in [-0.39, 0.29) is 16.5 Å². The van der Waals surface area contributed by atoms with Gasteiger partial charge in [0, 0.05) is 5.33 Å². The molecule has 0 radical (unpaired) electrons. The molecule has 0 atom stereocenters. The molecular weight excluding hydrogens is 341 g/mol. The Labute approximate surface area is 130 Å². The van der Waals surface area contributed by atoms with Crippen molar-refractivity contribution in [3.63, 3.8) is 0 Å². The average Bonchev–Trinajstić information content (AvgIpc) is 2.45. The molecule has 0 unspecified atom stereocenters. The summed E-state index contributed by atoms with van der Waals surface area (Å²) in [6.45, 7) is 1.85. The van der Waals surface area contributed by atoms with Crippen LogP contribution in [0.2, 0.25) is 0 Å². The summed E-state index contributed by atoms with van der Waals surface area (Å²) in [5.41, 5.74) is 1.34. The maximum atomic E-state index is 13.6. The van der Waals surface area contributed by atoms with Gasteiger partial charge in [-0.25, -0.2) is 0 Å². The van der Waals surface area contributed by atoms with Gasteiger partial charge in [0.25, 0.3) is 0 Å². The van der Waals surface area contributed by atoms with Crippen LogP contribution in [-0.2, 0) is 0 Å². The van der Waals surface area contributed by atoms with Crippen molar-refractivity contribution in [1.29, 1.82) is 0 Å². The second kappa shape index (κ2) is 6.48. The zero-order valence-corrected chi connectivity index (χ0v) is 13.0. The number of alkyl halides is 4. The number of allylic oxidation sites excluding steroid dienone is 2. The molecule has 0 amide bonds. The van der Waals surface area contributed by atoms with Crippen molar-refractivity contribution in [2.24, 2.45) is 0 Å². The molecule has 0 saturated heterocycles. The monoisotopic (exact) mass is 354 g/mol. The van der Waals surface area contributed by atoms with Gasteiger partial charge in [0.05, 0.1) is 5.57 Å². The molecule has 4 heteroatoms. The molecule has 0 spiro atoms. The summed E-state index contributed by atoms with van der Waals surface area (Å²) < 4.78 is 40.7. The lowest BCUT2D eigenvalue weighted by atomic mass is 9.95. The fourth-order valence-electron chi connectivity index (χ4n) is 2.16. The summed E-state index contributed by atoms with van der Waals surface area (Å²) in [5.74, 6) is 0. The van der Waals surface area contributed by atoms with Crippen LogP contribution in [0.3, 0.4) is 0 Å². The molecule has 2 aromatic carbocycles.